The van der Waals surface area contributed by atoms with Gasteiger partial charge in [-0.3, -0.25) is 4.57 Å². The first-order chi connectivity index (χ1) is 22.3. The summed E-state index contributed by atoms with van der Waals surface area (Å²) < 4.78 is 2.32. The average Bonchev–Trinajstić information content (AvgIpc) is 3.51. The third-order valence-electron chi connectivity index (χ3n) is 9.23. The number of aromatic nitrogens is 2. The second kappa shape index (κ2) is 10.5. The van der Waals surface area contributed by atoms with Crippen LogP contribution in [0.2, 0.25) is 0 Å². The number of aryl methyl sites for hydroxylation is 1. The molecule has 0 unspecified atom stereocenters. The molecule has 9 rings (SSSR count). The molecule has 1 aromatic heterocycles. The van der Waals surface area contributed by atoms with E-state index in [1.165, 1.54) is 66.0 Å². The summed E-state index contributed by atoms with van der Waals surface area (Å²) in [5.74, 6) is 0.996. The first-order valence-electron chi connectivity index (χ1n) is 15.7. The third-order valence-corrected chi connectivity index (χ3v) is 9.23. The van der Waals surface area contributed by atoms with Crippen molar-refractivity contribution in [3.63, 3.8) is 0 Å². The molecule has 0 aliphatic heterocycles. The fraction of sp³-hybridized carbons (Fsp3) is 0.0465. The number of fused-ring (bicyclic) bond motifs is 4. The van der Waals surface area contributed by atoms with Gasteiger partial charge >= 0.3 is 0 Å². The lowest BCUT2D eigenvalue weighted by atomic mass is 9.85. The van der Waals surface area contributed by atoms with Crippen LogP contribution in [0.1, 0.15) is 17.8 Å². The molecule has 7 aromatic carbocycles. The van der Waals surface area contributed by atoms with Crippen LogP contribution in [0.25, 0.3) is 77.7 Å². The quantitative estimate of drug-likeness (QED) is 0.191. The molecule has 2 heteroatoms. The Balaban J connectivity index is 1.24. The lowest BCUT2D eigenvalue weighted by Gasteiger charge is -2.18. The van der Waals surface area contributed by atoms with Crippen LogP contribution in [0, 0.1) is 0 Å². The molecule has 45 heavy (non-hydrogen) atoms. The van der Waals surface area contributed by atoms with Crippen molar-refractivity contribution in [2.45, 2.75) is 12.8 Å². The summed E-state index contributed by atoms with van der Waals surface area (Å²) in [6, 6.07) is 52.8. The zero-order valence-electron chi connectivity index (χ0n) is 24.8. The Labute approximate surface area is 262 Å². The van der Waals surface area contributed by atoms with Gasteiger partial charge in [-0.1, -0.05) is 133 Å². The minimum atomic E-state index is 0.971. The van der Waals surface area contributed by atoms with Crippen molar-refractivity contribution in [3.8, 4) is 39.3 Å². The minimum Gasteiger partial charge on any atom is -0.293 e. The predicted molar refractivity (Wildman–Crippen MR) is 190 cm³/mol. The van der Waals surface area contributed by atoms with Gasteiger partial charge in [0.25, 0.3) is 0 Å². The molecule has 0 N–H and O–H groups in total. The highest BCUT2D eigenvalue weighted by atomic mass is 15.1. The van der Waals surface area contributed by atoms with E-state index < -0.39 is 0 Å². The molecule has 0 atom stereocenters. The van der Waals surface area contributed by atoms with E-state index in [-0.39, 0.29) is 0 Å². The fourth-order valence-electron chi connectivity index (χ4n) is 7.16. The molecule has 8 aromatic rings. The third kappa shape index (κ3) is 4.22. The number of allylic oxidation sites excluding steroid dienone is 1. The van der Waals surface area contributed by atoms with Gasteiger partial charge in [-0.2, -0.15) is 0 Å². The Morgan fingerprint density at radius 1 is 0.489 bits per heavy atom. The summed E-state index contributed by atoms with van der Waals surface area (Å²) in [7, 11) is 0. The van der Waals surface area contributed by atoms with Crippen molar-refractivity contribution < 1.29 is 0 Å². The number of benzene rings is 7. The molecular formula is C43H30N2. The topological polar surface area (TPSA) is 17.8 Å². The molecule has 0 saturated heterocycles. The van der Waals surface area contributed by atoms with E-state index >= 15 is 0 Å². The SMILES string of the molecule is C1=Cc2c(nc(-c3ccccc3)n2-c2ccc(-c3c4ccccc4c(-c4ccc5ccccc5c4)c4ccccc34)cc2)CC1. The molecule has 1 aliphatic carbocycles. The van der Waals surface area contributed by atoms with Gasteiger partial charge in [-0.25, -0.2) is 4.98 Å². The summed E-state index contributed by atoms with van der Waals surface area (Å²) in [6.07, 6.45) is 6.50. The van der Waals surface area contributed by atoms with Crippen LogP contribution in [-0.2, 0) is 6.42 Å². The highest BCUT2D eigenvalue weighted by Gasteiger charge is 2.21. The maximum Gasteiger partial charge on any atom is 0.145 e. The molecule has 1 heterocycles. The number of hydrogen-bond acceptors (Lipinski definition) is 1. The van der Waals surface area contributed by atoms with Crippen LogP contribution in [0.3, 0.4) is 0 Å². The van der Waals surface area contributed by atoms with Gasteiger partial charge in [0.2, 0.25) is 0 Å². The van der Waals surface area contributed by atoms with Crippen LogP contribution >= 0.6 is 0 Å². The molecular weight excluding hydrogens is 544 g/mol. The molecule has 0 spiro atoms. The largest absolute Gasteiger partial charge is 0.293 e. The van der Waals surface area contributed by atoms with E-state index in [4.69, 9.17) is 4.98 Å². The van der Waals surface area contributed by atoms with Crippen LogP contribution in [0.5, 0.6) is 0 Å². The van der Waals surface area contributed by atoms with E-state index in [0.29, 0.717) is 0 Å². The van der Waals surface area contributed by atoms with E-state index in [2.05, 4.69) is 162 Å². The van der Waals surface area contributed by atoms with Gasteiger partial charge in [0.05, 0.1) is 11.4 Å². The van der Waals surface area contributed by atoms with Crippen molar-refractivity contribution in [1.82, 2.24) is 9.55 Å². The second-order valence-corrected chi connectivity index (χ2v) is 11.9. The maximum atomic E-state index is 5.13. The average molecular weight is 575 g/mol. The zero-order valence-corrected chi connectivity index (χ0v) is 24.8. The maximum absolute atomic E-state index is 5.13. The van der Waals surface area contributed by atoms with E-state index in [1.54, 1.807) is 0 Å². The van der Waals surface area contributed by atoms with Crippen molar-refractivity contribution in [2.75, 3.05) is 0 Å². The van der Waals surface area contributed by atoms with Gasteiger partial charge in [0.1, 0.15) is 5.82 Å². The van der Waals surface area contributed by atoms with Crippen LogP contribution in [0.15, 0.2) is 152 Å². The number of imidazole rings is 1. The number of hydrogen-bond donors (Lipinski definition) is 0. The van der Waals surface area contributed by atoms with Crippen molar-refractivity contribution in [1.29, 1.82) is 0 Å². The molecule has 0 saturated carbocycles. The first-order valence-corrected chi connectivity index (χ1v) is 15.7. The molecule has 1 aliphatic rings. The van der Waals surface area contributed by atoms with Gasteiger partial charge in [0.15, 0.2) is 0 Å². The molecule has 0 amide bonds. The summed E-state index contributed by atoms with van der Waals surface area (Å²) in [6.45, 7) is 0. The van der Waals surface area contributed by atoms with Crippen molar-refractivity contribution in [3.05, 3.63) is 163 Å². The highest BCUT2D eigenvalue weighted by molar-refractivity contribution is 6.21. The van der Waals surface area contributed by atoms with Crippen LogP contribution < -0.4 is 0 Å². The van der Waals surface area contributed by atoms with Gasteiger partial charge < -0.3 is 0 Å². The van der Waals surface area contributed by atoms with Crippen LogP contribution in [-0.4, -0.2) is 9.55 Å². The molecule has 0 bridgehead atoms. The van der Waals surface area contributed by atoms with E-state index in [9.17, 15) is 0 Å². The lowest BCUT2D eigenvalue weighted by molar-refractivity contribution is 0.936. The van der Waals surface area contributed by atoms with Crippen molar-refractivity contribution in [2.24, 2.45) is 0 Å². The zero-order chi connectivity index (χ0) is 29.7. The molecule has 2 nitrogen and oxygen atoms in total. The summed E-state index contributed by atoms with van der Waals surface area (Å²) in [5, 5.41) is 7.59. The number of nitrogens with zero attached hydrogens (tertiary/aromatic N) is 2. The molecule has 0 radical (unpaired) electrons. The number of rotatable bonds is 4. The Kier molecular flexibility index (Phi) is 5.99. The second-order valence-electron chi connectivity index (χ2n) is 11.9. The Morgan fingerprint density at radius 2 is 1.07 bits per heavy atom. The Morgan fingerprint density at radius 3 is 1.76 bits per heavy atom. The standard InChI is InChI=1S/C43H30N2/c1-2-13-31(14-3-1)43-44-39-20-10-11-21-40(39)45(43)34-26-24-30(25-27-34)41-35-16-6-8-18-37(35)42(38-19-9-7-17-36(38)41)33-23-22-29-12-4-5-15-32(29)28-33/h1-9,11-19,21-28H,10,20H2. The monoisotopic (exact) mass is 574 g/mol. The van der Waals surface area contributed by atoms with E-state index in [1.807, 2.05) is 0 Å². The summed E-state index contributed by atoms with van der Waals surface area (Å²) in [5.41, 5.74) is 9.62. The first kappa shape index (κ1) is 25.7. The fourth-order valence-corrected chi connectivity index (χ4v) is 7.16. The predicted octanol–water partition coefficient (Wildman–Crippen LogP) is 11.3. The molecule has 0 fully saturated rings. The summed E-state index contributed by atoms with van der Waals surface area (Å²) >= 11 is 0. The normalized spacial score (nSPS) is 12.6. The Bertz CT molecular complexity index is 2350. The smallest absolute Gasteiger partial charge is 0.145 e. The summed E-state index contributed by atoms with van der Waals surface area (Å²) in [4.78, 5) is 5.13. The van der Waals surface area contributed by atoms with Crippen molar-refractivity contribution >= 4 is 38.4 Å². The van der Waals surface area contributed by atoms with E-state index in [0.717, 1.165) is 29.9 Å². The highest BCUT2D eigenvalue weighted by Crippen LogP contribution is 2.44. The minimum absolute atomic E-state index is 0.971. The lowest BCUT2D eigenvalue weighted by Crippen LogP contribution is -2.02. The van der Waals surface area contributed by atoms with Crippen LogP contribution in [0.4, 0.5) is 0 Å². The van der Waals surface area contributed by atoms with Gasteiger partial charge in [-0.05, 0) is 91.7 Å². The molecule has 212 valence electrons. The van der Waals surface area contributed by atoms with Gasteiger partial charge in [-0.15, -0.1) is 0 Å². The Hall–Kier alpha value is -5.73. The van der Waals surface area contributed by atoms with Gasteiger partial charge in [0, 0.05) is 11.3 Å².